The summed E-state index contributed by atoms with van der Waals surface area (Å²) in [5.41, 5.74) is 7.45. The molecule has 5 rings (SSSR count). The maximum Gasteiger partial charge on any atom is 0.224 e. The number of aliphatic hydroxyl groups excluding tert-OH is 1. The average molecular weight is 479 g/mol. The molecule has 4 aromatic rings. The molecule has 4 N–H and O–H groups in total. The molecule has 184 valence electrons. The van der Waals surface area contributed by atoms with Crippen molar-refractivity contribution in [1.82, 2.24) is 34.0 Å². The molecule has 1 aromatic carbocycles. The molecule has 0 unspecified atom stereocenters. The van der Waals surface area contributed by atoms with Crippen LogP contribution in [0.4, 0.5) is 5.82 Å². The number of rotatable bonds is 5. The first-order valence-electron chi connectivity index (χ1n) is 11.8. The third-order valence-corrected chi connectivity index (χ3v) is 6.87. The minimum absolute atomic E-state index is 0.105. The molecule has 1 aliphatic heterocycles. The van der Waals surface area contributed by atoms with Crippen LogP contribution in [-0.2, 0) is 17.8 Å². The zero-order chi connectivity index (χ0) is 24.7. The number of fused-ring (bicyclic) bond motifs is 2. The summed E-state index contributed by atoms with van der Waals surface area (Å²) in [5, 5.41) is 22.0. The van der Waals surface area contributed by atoms with Crippen molar-refractivity contribution >= 4 is 33.9 Å². The van der Waals surface area contributed by atoms with Gasteiger partial charge >= 0.3 is 0 Å². The van der Waals surface area contributed by atoms with Gasteiger partial charge in [-0.05, 0) is 19.1 Å². The lowest BCUT2D eigenvalue weighted by molar-refractivity contribution is -0.133. The van der Waals surface area contributed by atoms with E-state index >= 15 is 0 Å². The first kappa shape index (κ1) is 23.2. The van der Waals surface area contributed by atoms with Crippen molar-refractivity contribution in [3.8, 4) is 0 Å². The lowest BCUT2D eigenvalue weighted by atomic mass is 9.91. The van der Waals surface area contributed by atoms with E-state index in [2.05, 4.69) is 24.5 Å². The molecule has 0 radical (unpaired) electrons. The zero-order valence-electron chi connectivity index (χ0n) is 19.9. The van der Waals surface area contributed by atoms with Crippen LogP contribution < -0.4 is 5.73 Å². The van der Waals surface area contributed by atoms with E-state index in [1.165, 1.54) is 6.33 Å². The summed E-state index contributed by atoms with van der Waals surface area (Å²) < 4.78 is 3.81. The Bertz CT molecular complexity index is 1380. The number of para-hydroxylation sites is 2. The largest absolute Gasteiger partial charge is 0.391 e. The van der Waals surface area contributed by atoms with Gasteiger partial charge in [0.2, 0.25) is 5.91 Å². The molecule has 4 heterocycles. The van der Waals surface area contributed by atoms with Crippen molar-refractivity contribution in [2.75, 3.05) is 18.8 Å². The minimum Gasteiger partial charge on any atom is -0.391 e. The number of benzene rings is 1. The maximum absolute atomic E-state index is 13.4. The van der Waals surface area contributed by atoms with Crippen molar-refractivity contribution in [2.45, 2.75) is 57.4 Å². The van der Waals surface area contributed by atoms with Crippen LogP contribution in [0.2, 0.25) is 0 Å². The molecule has 11 heteroatoms. The van der Waals surface area contributed by atoms with Crippen molar-refractivity contribution in [3.05, 3.63) is 42.7 Å². The number of nitrogens with two attached hydrogens (primary N) is 1. The number of amides is 1. The van der Waals surface area contributed by atoms with Crippen molar-refractivity contribution in [2.24, 2.45) is 0 Å². The van der Waals surface area contributed by atoms with Crippen LogP contribution in [0.3, 0.4) is 0 Å². The fourth-order valence-electron chi connectivity index (χ4n) is 5.11. The normalized spacial score (nSPS) is 23.1. The topological polar surface area (TPSA) is 148 Å². The van der Waals surface area contributed by atoms with Crippen molar-refractivity contribution in [1.29, 1.82) is 0 Å². The predicted molar refractivity (Wildman–Crippen MR) is 130 cm³/mol. The second kappa shape index (κ2) is 8.90. The summed E-state index contributed by atoms with van der Waals surface area (Å²) in [4.78, 5) is 32.3. The van der Waals surface area contributed by atoms with Crippen LogP contribution in [0.15, 0.2) is 36.9 Å². The average Bonchev–Trinajstić information content (AvgIpc) is 3.38. The molecule has 0 aliphatic carbocycles. The van der Waals surface area contributed by atoms with Gasteiger partial charge in [0.05, 0.1) is 35.1 Å². The number of carbonyl (C=O) groups excluding carboxylic acids is 1. The van der Waals surface area contributed by atoms with Gasteiger partial charge in [-0.1, -0.05) is 19.1 Å². The molecule has 1 aliphatic rings. The number of carbonyl (C=O) groups is 1. The molecule has 0 bridgehead atoms. The first-order valence-corrected chi connectivity index (χ1v) is 11.8. The summed E-state index contributed by atoms with van der Waals surface area (Å²) in [6.45, 7) is 4.53. The lowest BCUT2D eigenvalue weighted by Gasteiger charge is -2.34. The Balaban J connectivity index is 1.41. The number of aromatic nitrogens is 6. The van der Waals surface area contributed by atoms with Gasteiger partial charge in [-0.25, -0.2) is 19.9 Å². The van der Waals surface area contributed by atoms with E-state index in [9.17, 15) is 15.0 Å². The van der Waals surface area contributed by atoms with Crippen LogP contribution in [0, 0.1) is 0 Å². The number of imidazole rings is 2. The Kier molecular flexibility index (Phi) is 5.89. The molecule has 1 amide bonds. The number of aryl methyl sites for hydroxylation is 2. The Morgan fingerprint density at radius 3 is 2.83 bits per heavy atom. The molecule has 3 aromatic heterocycles. The van der Waals surface area contributed by atoms with Gasteiger partial charge in [0.25, 0.3) is 0 Å². The van der Waals surface area contributed by atoms with Gasteiger partial charge in [-0.2, -0.15) is 0 Å². The van der Waals surface area contributed by atoms with E-state index in [4.69, 9.17) is 5.73 Å². The summed E-state index contributed by atoms with van der Waals surface area (Å²) in [7, 11) is 0. The number of nitrogen functional groups attached to an aromatic ring is 1. The number of anilines is 1. The fourth-order valence-corrected chi connectivity index (χ4v) is 5.11. The van der Waals surface area contributed by atoms with E-state index in [0.29, 0.717) is 17.7 Å². The highest BCUT2D eigenvalue weighted by atomic mass is 16.3. The maximum atomic E-state index is 13.4. The van der Waals surface area contributed by atoms with Crippen molar-refractivity contribution < 1.29 is 15.0 Å². The highest BCUT2D eigenvalue weighted by molar-refractivity contribution is 5.81. The number of likely N-dealkylation sites (tertiary alicyclic amines) is 1. The molecular formula is C24H30N8O3. The Morgan fingerprint density at radius 1 is 1.23 bits per heavy atom. The third-order valence-electron chi connectivity index (χ3n) is 6.87. The highest BCUT2D eigenvalue weighted by Crippen LogP contribution is 2.34. The number of nitrogens with zero attached hydrogens (tertiary/aromatic N) is 7. The molecule has 0 saturated carbocycles. The fraction of sp³-hybridized carbons (Fsp3) is 0.458. The van der Waals surface area contributed by atoms with Gasteiger partial charge in [0.15, 0.2) is 11.5 Å². The van der Waals surface area contributed by atoms with Gasteiger partial charge < -0.3 is 30.0 Å². The summed E-state index contributed by atoms with van der Waals surface area (Å²) in [6.07, 6.45) is 3.14. The van der Waals surface area contributed by atoms with Crippen LogP contribution >= 0.6 is 0 Å². The number of hydrogen-bond acceptors (Lipinski definition) is 8. The third kappa shape index (κ3) is 4.21. The quantitative estimate of drug-likeness (QED) is 0.389. The van der Waals surface area contributed by atoms with Crippen LogP contribution in [0.5, 0.6) is 0 Å². The van der Waals surface area contributed by atoms with E-state index in [1.54, 1.807) is 22.7 Å². The van der Waals surface area contributed by atoms with E-state index in [0.717, 1.165) is 23.3 Å². The zero-order valence-corrected chi connectivity index (χ0v) is 19.9. The molecular weight excluding hydrogens is 448 g/mol. The molecule has 11 nitrogen and oxygen atoms in total. The minimum atomic E-state index is -1.31. The predicted octanol–water partition coefficient (Wildman–Crippen LogP) is 1.30. The van der Waals surface area contributed by atoms with Crippen LogP contribution in [0.1, 0.15) is 38.6 Å². The Hall–Kier alpha value is -3.57. The summed E-state index contributed by atoms with van der Waals surface area (Å²) >= 11 is 0. The monoisotopic (exact) mass is 478 g/mol. The summed E-state index contributed by atoms with van der Waals surface area (Å²) in [6, 6.07) is 7.31. The lowest BCUT2D eigenvalue weighted by Crippen LogP contribution is -2.42. The van der Waals surface area contributed by atoms with Crippen molar-refractivity contribution in [3.63, 3.8) is 0 Å². The second-order valence-corrected chi connectivity index (χ2v) is 9.38. The molecule has 3 atom stereocenters. The number of aliphatic hydroxyl groups is 2. The molecule has 1 saturated heterocycles. The summed E-state index contributed by atoms with van der Waals surface area (Å²) in [5.74, 6) is 1.07. The van der Waals surface area contributed by atoms with Gasteiger partial charge in [-0.15, -0.1) is 0 Å². The van der Waals surface area contributed by atoms with Gasteiger partial charge in [-0.3, -0.25) is 4.79 Å². The van der Waals surface area contributed by atoms with Gasteiger partial charge in [0.1, 0.15) is 17.7 Å². The molecule has 0 spiro atoms. The smallest absolute Gasteiger partial charge is 0.224 e. The highest BCUT2D eigenvalue weighted by Gasteiger charge is 2.42. The van der Waals surface area contributed by atoms with Gasteiger partial charge in [0, 0.05) is 38.9 Å². The first-order chi connectivity index (χ1) is 16.8. The molecule has 1 fully saturated rings. The second-order valence-electron chi connectivity index (χ2n) is 9.38. The Morgan fingerprint density at radius 2 is 2.03 bits per heavy atom. The van der Waals surface area contributed by atoms with Crippen LogP contribution in [0.25, 0.3) is 22.2 Å². The van der Waals surface area contributed by atoms with Crippen LogP contribution in [-0.4, -0.2) is 74.9 Å². The van der Waals surface area contributed by atoms with E-state index in [-0.39, 0.29) is 37.7 Å². The number of hydrogen-bond donors (Lipinski definition) is 3. The van der Waals surface area contributed by atoms with E-state index in [1.807, 2.05) is 31.2 Å². The Labute approximate surface area is 202 Å². The molecule has 35 heavy (non-hydrogen) atoms. The van der Waals surface area contributed by atoms with E-state index < -0.39 is 17.7 Å². The number of β-amino-alcohol motifs (C(OH)–C–C–N with tert-alkyl or cyclic N) is 1. The SMILES string of the molecule is CCc1nc2ccccc2n1CCC(=O)N1C[C@@H](O)C[C@@](C)(O)[C@H](n2cnc3c(N)ncnc32)C1. The standard InChI is InChI=1S/C24H30N8O3/c1-3-19-29-16-6-4-5-7-17(16)31(19)9-8-20(34)30-11-15(33)10-24(2,35)18(12-30)32-14-28-21-22(25)26-13-27-23(21)32/h4-7,13-15,18,33,35H,3,8-12H2,1-2H3,(H2,25,26,27)/t15-,18+,24+/m0/s1.